The molecular weight excluding hydrogens is 246 g/mol. The molecule has 0 amide bonds. The average Bonchev–Trinajstić information content (AvgIpc) is 2.36. The molecule has 0 aromatic heterocycles. The lowest BCUT2D eigenvalue weighted by Gasteiger charge is -2.31. The van der Waals surface area contributed by atoms with Crippen molar-refractivity contribution in [3.05, 3.63) is 0 Å². The maximum absolute atomic E-state index is 9.41. The summed E-state index contributed by atoms with van der Waals surface area (Å²) in [5, 5.41) is 12.8. The smallest absolute Gasteiger partial charge is 0.0700 e. The van der Waals surface area contributed by atoms with Crippen molar-refractivity contribution in [2.24, 2.45) is 0 Å². The number of rotatable bonds is 13. The van der Waals surface area contributed by atoms with E-state index in [-0.39, 0.29) is 12.1 Å². The molecule has 0 aliphatic rings. The minimum absolute atomic E-state index is 0.120. The summed E-state index contributed by atoms with van der Waals surface area (Å²) in [5.41, 5.74) is -0.261. The summed E-state index contributed by atoms with van der Waals surface area (Å²) in [7, 11) is 1.66. The fourth-order valence-corrected chi connectivity index (χ4v) is 1.80. The monoisotopic (exact) mass is 277 g/mol. The fourth-order valence-electron chi connectivity index (χ4n) is 1.80. The van der Waals surface area contributed by atoms with Gasteiger partial charge in [-0.2, -0.15) is 0 Å². The summed E-state index contributed by atoms with van der Waals surface area (Å²) in [4.78, 5) is 0. The van der Waals surface area contributed by atoms with Crippen LogP contribution < -0.4 is 5.32 Å². The highest BCUT2D eigenvalue weighted by molar-refractivity contribution is 4.83. The summed E-state index contributed by atoms with van der Waals surface area (Å²) >= 11 is 0. The molecule has 1 unspecified atom stereocenters. The number of methoxy groups -OCH3 is 1. The van der Waals surface area contributed by atoms with Crippen LogP contribution in [0, 0.1) is 0 Å². The minimum Gasteiger partial charge on any atom is -0.394 e. The van der Waals surface area contributed by atoms with E-state index < -0.39 is 0 Å². The van der Waals surface area contributed by atoms with Crippen molar-refractivity contribution in [2.75, 3.05) is 46.8 Å². The Bertz CT molecular complexity index is 202. The maximum atomic E-state index is 9.41. The normalized spacial score (nSPS) is 14.8. The van der Waals surface area contributed by atoms with Crippen molar-refractivity contribution in [3.63, 3.8) is 0 Å². The molecule has 0 aromatic carbocycles. The lowest BCUT2D eigenvalue weighted by atomic mass is 9.98. The van der Waals surface area contributed by atoms with E-state index in [0.29, 0.717) is 39.1 Å². The zero-order valence-electron chi connectivity index (χ0n) is 12.9. The molecule has 0 heterocycles. The molecule has 0 bridgehead atoms. The van der Waals surface area contributed by atoms with Crippen molar-refractivity contribution in [3.8, 4) is 0 Å². The van der Waals surface area contributed by atoms with Gasteiger partial charge in [-0.3, -0.25) is 0 Å². The number of hydrogen-bond donors (Lipinski definition) is 2. The van der Waals surface area contributed by atoms with Crippen LogP contribution in [0.4, 0.5) is 0 Å². The molecule has 0 spiro atoms. The van der Waals surface area contributed by atoms with Crippen LogP contribution >= 0.6 is 0 Å². The molecule has 0 aromatic rings. The zero-order valence-corrected chi connectivity index (χ0v) is 12.9. The van der Waals surface area contributed by atoms with Gasteiger partial charge in [-0.05, 0) is 19.8 Å². The third kappa shape index (κ3) is 11.3. The third-order valence-corrected chi connectivity index (χ3v) is 2.79. The lowest BCUT2D eigenvalue weighted by molar-refractivity contribution is 0.0437. The lowest BCUT2D eigenvalue weighted by Crippen LogP contribution is -2.49. The number of ether oxygens (including phenoxy) is 3. The van der Waals surface area contributed by atoms with Crippen LogP contribution in [0.3, 0.4) is 0 Å². The predicted molar refractivity (Wildman–Crippen MR) is 76.5 cm³/mol. The molecule has 116 valence electrons. The van der Waals surface area contributed by atoms with Crippen LogP contribution in [0.1, 0.15) is 33.6 Å². The van der Waals surface area contributed by atoms with Gasteiger partial charge in [0.1, 0.15) is 0 Å². The Kier molecular flexibility index (Phi) is 11.5. The Balaban J connectivity index is 3.46. The molecule has 0 saturated carbocycles. The highest BCUT2D eigenvalue weighted by Gasteiger charge is 2.23. The number of aliphatic hydroxyl groups is 1. The first-order chi connectivity index (χ1) is 9.04. The summed E-state index contributed by atoms with van der Waals surface area (Å²) in [6.45, 7) is 9.60. The van der Waals surface area contributed by atoms with Gasteiger partial charge in [0.15, 0.2) is 0 Å². The second-order valence-corrected chi connectivity index (χ2v) is 5.34. The fraction of sp³-hybridized carbons (Fsp3) is 1.00. The second kappa shape index (κ2) is 11.6. The minimum atomic E-state index is -0.261. The van der Waals surface area contributed by atoms with E-state index in [9.17, 15) is 5.11 Å². The van der Waals surface area contributed by atoms with E-state index in [4.69, 9.17) is 14.2 Å². The van der Waals surface area contributed by atoms with Crippen molar-refractivity contribution < 1.29 is 19.3 Å². The van der Waals surface area contributed by atoms with E-state index in [1.807, 2.05) is 6.92 Å². The van der Waals surface area contributed by atoms with Gasteiger partial charge in [0, 0.05) is 38.5 Å². The molecule has 0 saturated heterocycles. The predicted octanol–water partition coefficient (Wildman–Crippen LogP) is 1.20. The van der Waals surface area contributed by atoms with Gasteiger partial charge in [-0.1, -0.05) is 13.8 Å². The molecular formula is C14H31NO4. The van der Waals surface area contributed by atoms with Crippen molar-refractivity contribution in [1.82, 2.24) is 5.32 Å². The first-order valence-electron chi connectivity index (χ1n) is 7.07. The molecule has 2 N–H and O–H groups in total. The van der Waals surface area contributed by atoms with Crippen LogP contribution in [0.25, 0.3) is 0 Å². The first kappa shape index (κ1) is 18.8. The molecule has 0 rings (SSSR count). The summed E-state index contributed by atoms with van der Waals surface area (Å²) < 4.78 is 15.8. The Morgan fingerprint density at radius 1 is 1.05 bits per heavy atom. The first-order valence-corrected chi connectivity index (χ1v) is 7.07. The van der Waals surface area contributed by atoms with Crippen LogP contribution in [-0.2, 0) is 14.2 Å². The van der Waals surface area contributed by atoms with Crippen LogP contribution in [0.5, 0.6) is 0 Å². The number of aliphatic hydroxyl groups excluding tert-OH is 1. The van der Waals surface area contributed by atoms with Gasteiger partial charge in [0.25, 0.3) is 0 Å². The second-order valence-electron chi connectivity index (χ2n) is 5.34. The molecule has 5 heteroatoms. The van der Waals surface area contributed by atoms with E-state index in [0.717, 1.165) is 12.8 Å². The third-order valence-electron chi connectivity index (χ3n) is 2.79. The Morgan fingerprint density at radius 2 is 1.68 bits per heavy atom. The van der Waals surface area contributed by atoms with Gasteiger partial charge in [0.05, 0.1) is 19.8 Å². The molecule has 0 aliphatic carbocycles. The summed E-state index contributed by atoms with van der Waals surface area (Å²) in [6.07, 6.45) is 1.68. The van der Waals surface area contributed by atoms with E-state index in [2.05, 4.69) is 19.2 Å². The molecule has 0 aliphatic heterocycles. The Labute approximate surface area is 117 Å². The molecule has 0 radical (unpaired) electrons. The number of hydrogen-bond acceptors (Lipinski definition) is 5. The molecule has 1 atom stereocenters. The van der Waals surface area contributed by atoms with Gasteiger partial charge >= 0.3 is 0 Å². The Hall–Kier alpha value is -0.200. The van der Waals surface area contributed by atoms with Crippen molar-refractivity contribution >= 4 is 0 Å². The SMILES string of the molecule is COCCOCCCOCCC(C)(CO)NC(C)C. The van der Waals surface area contributed by atoms with Gasteiger partial charge in [-0.15, -0.1) is 0 Å². The van der Waals surface area contributed by atoms with E-state index in [1.165, 1.54) is 0 Å². The van der Waals surface area contributed by atoms with Gasteiger partial charge < -0.3 is 24.6 Å². The van der Waals surface area contributed by atoms with Crippen LogP contribution in [-0.4, -0.2) is 63.4 Å². The largest absolute Gasteiger partial charge is 0.394 e. The van der Waals surface area contributed by atoms with Crippen LogP contribution in [0.2, 0.25) is 0 Å². The highest BCUT2D eigenvalue weighted by Crippen LogP contribution is 2.10. The van der Waals surface area contributed by atoms with Crippen molar-refractivity contribution in [2.45, 2.75) is 45.2 Å². The molecule has 5 nitrogen and oxygen atoms in total. The summed E-state index contributed by atoms with van der Waals surface area (Å²) in [6, 6.07) is 0.353. The van der Waals surface area contributed by atoms with E-state index in [1.54, 1.807) is 7.11 Å². The maximum Gasteiger partial charge on any atom is 0.0700 e. The quantitative estimate of drug-likeness (QED) is 0.495. The average molecular weight is 277 g/mol. The molecule has 0 fully saturated rings. The zero-order chi connectivity index (χ0) is 14.6. The standard InChI is InChI=1S/C14H31NO4/c1-13(2)15-14(3,12-16)6-9-18-7-5-8-19-11-10-17-4/h13,15-16H,5-12H2,1-4H3. The van der Waals surface area contributed by atoms with Crippen molar-refractivity contribution in [1.29, 1.82) is 0 Å². The van der Waals surface area contributed by atoms with E-state index >= 15 is 0 Å². The van der Waals surface area contributed by atoms with Gasteiger partial charge in [0.2, 0.25) is 0 Å². The highest BCUT2D eigenvalue weighted by atomic mass is 16.5. The topological polar surface area (TPSA) is 60.0 Å². The van der Waals surface area contributed by atoms with Gasteiger partial charge in [-0.25, -0.2) is 0 Å². The summed E-state index contributed by atoms with van der Waals surface area (Å²) in [5.74, 6) is 0. The van der Waals surface area contributed by atoms with Crippen LogP contribution in [0.15, 0.2) is 0 Å². The number of nitrogens with one attached hydrogen (secondary N) is 1. The molecule has 19 heavy (non-hydrogen) atoms. The Morgan fingerprint density at radius 3 is 2.21 bits per heavy atom.